The SMILES string of the molecule is C[C@@H]1c2ccccc2CCN1C(=O)c1cc(C2CC2)c2nc(-c3ccc(NC(=O)N4CCC(O)C4)cc3F)oc2c1. The van der Waals surface area contributed by atoms with Crippen LogP contribution in [-0.2, 0) is 6.42 Å². The first-order chi connectivity index (χ1) is 19.9. The summed E-state index contributed by atoms with van der Waals surface area (Å²) < 4.78 is 21.4. The van der Waals surface area contributed by atoms with E-state index in [1.165, 1.54) is 28.2 Å². The first-order valence-electron chi connectivity index (χ1n) is 14.2. The molecule has 1 unspecified atom stereocenters. The van der Waals surface area contributed by atoms with Crippen molar-refractivity contribution in [3.63, 3.8) is 0 Å². The van der Waals surface area contributed by atoms with E-state index >= 15 is 4.39 Å². The smallest absolute Gasteiger partial charge is 0.321 e. The van der Waals surface area contributed by atoms with Gasteiger partial charge in [0.25, 0.3) is 5.91 Å². The molecule has 2 atom stereocenters. The number of aromatic nitrogens is 1. The number of oxazole rings is 1. The van der Waals surface area contributed by atoms with Crippen LogP contribution in [0.25, 0.3) is 22.6 Å². The van der Waals surface area contributed by atoms with Crippen LogP contribution in [0.5, 0.6) is 0 Å². The molecule has 3 aromatic carbocycles. The number of amides is 3. The van der Waals surface area contributed by atoms with Crippen LogP contribution >= 0.6 is 0 Å². The van der Waals surface area contributed by atoms with E-state index in [-0.39, 0.29) is 36.0 Å². The molecule has 8 nitrogen and oxygen atoms in total. The Morgan fingerprint density at radius 2 is 1.88 bits per heavy atom. The van der Waals surface area contributed by atoms with Gasteiger partial charge in [0, 0.05) is 30.9 Å². The number of nitrogens with zero attached hydrogens (tertiary/aromatic N) is 3. The summed E-state index contributed by atoms with van der Waals surface area (Å²) in [4.78, 5) is 34.3. The maximum absolute atomic E-state index is 15.3. The summed E-state index contributed by atoms with van der Waals surface area (Å²) in [5, 5.41) is 12.4. The summed E-state index contributed by atoms with van der Waals surface area (Å²) in [6, 6.07) is 15.9. The number of anilines is 1. The predicted molar refractivity (Wildman–Crippen MR) is 152 cm³/mol. The molecule has 210 valence electrons. The molecule has 0 radical (unpaired) electrons. The van der Waals surface area contributed by atoms with Crippen molar-refractivity contribution in [1.82, 2.24) is 14.8 Å². The predicted octanol–water partition coefficient (Wildman–Crippen LogP) is 5.87. The molecule has 41 heavy (non-hydrogen) atoms. The van der Waals surface area contributed by atoms with Gasteiger partial charge in [-0.05, 0) is 85.5 Å². The first kappa shape index (κ1) is 25.7. The molecule has 1 aliphatic carbocycles. The van der Waals surface area contributed by atoms with E-state index in [0.29, 0.717) is 47.8 Å². The number of carbonyl (C=O) groups is 2. The van der Waals surface area contributed by atoms with Crippen molar-refractivity contribution < 1.29 is 23.5 Å². The molecule has 3 heterocycles. The van der Waals surface area contributed by atoms with Crippen molar-refractivity contribution in [1.29, 1.82) is 0 Å². The lowest BCUT2D eigenvalue weighted by Gasteiger charge is -2.35. The highest BCUT2D eigenvalue weighted by atomic mass is 19.1. The van der Waals surface area contributed by atoms with Crippen LogP contribution in [0, 0.1) is 5.82 Å². The van der Waals surface area contributed by atoms with E-state index in [1.54, 1.807) is 12.1 Å². The molecule has 7 rings (SSSR count). The van der Waals surface area contributed by atoms with Gasteiger partial charge >= 0.3 is 6.03 Å². The van der Waals surface area contributed by atoms with E-state index < -0.39 is 11.9 Å². The van der Waals surface area contributed by atoms with Crippen molar-refractivity contribution in [3.05, 3.63) is 82.7 Å². The lowest BCUT2D eigenvalue weighted by Crippen LogP contribution is -2.38. The Kier molecular flexibility index (Phi) is 6.27. The minimum Gasteiger partial charge on any atom is -0.436 e. The largest absolute Gasteiger partial charge is 0.436 e. The highest BCUT2D eigenvalue weighted by Crippen LogP contribution is 2.44. The van der Waals surface area contributed by atoms with Crippen LogP contribution in [0.1, 0.15) is 65.2 Å². The van der Waals surface area contributed by atoms with E-state index in [9.17, 15) is 14.7 Å². The van der Waals surface area contributed by atoms with E-state index in [0.717, 1.165) is 24.8 Å². The normalized spacial score (nSPS) is 20.4. The highest BCUT2D eigenvalue weighted by molar-refractivity contribution is 5.99. The molecule has 4 aromatic rings. The number of hydrogen-bond acceptors (Lipinski definition) is 5. The second-order valence-corrected chi connectivity index (χ2v) is 11.3. The van der Waals surface area contributed by atoms with Crippen molar-refractivity contribution in [2.45, 2.75) is 50.7 Å². The van der Waals surface area contributed by atoms with Gasteiger partial charge in [-0.15, -0.1) is 0 Å². The molecule has 1 saturated heterocycles. The first-order valence-corrected chi connectivity index (χ1v) is 14.2. The number of rotatable bonds is 4. The minimum absolute atomic E-state index is 0.0403. The summed E-state index contributed by atoms with van der Waals surface area (Å²) in [6.07, 6.45) is 2.83. The Labute approximate surface area is 236 Å². The number of nitrogens with one attached hydrogen (secondary N) is 1. The Bertz CT molecular complexity index is 1680. The third kappa shape index (κ3) is 4.74. The number of halogens is 1. The fraction of sp³-hybridized carbons (Fsp3) is 0.344. The van der Waals surface area contributed by atoms with Crippen LogP contribution in [0.4, 0.5) is 14.9 Å². The zero-order chi connectivity index (χ0) is 28.2. The van der Waals surface area contributed by atoms with Crippen molar-refractivity contribution in [2.75, 3.05) is 25.0 Å². The van der Waals surface area contributed by atoms with Crippen LogP contribution in [0.15, 0.2) is 59.0 Å². The van der Waals surface area contributed by atoms with Crippen LogP contribution in [0.2, 0.25) is 0 Å². The molecular formula is C32H31FN4O4. The Hall–Kier alpha value is -4.24. The fourth-order valence-corrected chi connectivity index (χ4v) is 6.11. The van der Waals surface area contributed by atoms with Gasteiger partial charge in [-0.2, -0.15) is 0 Å². The van der Waals surface area contributed by atoms with Crippen LogP contribution in [0.3, 0.4) is 0 Å². The molecule has 1 saturated carbocycles. The number of aliphatic hydroxyl groups excluding tert-OH is 1. The highest BCUT2D eigenvalue weighted by Gasteiger charge is 2.32. The molecule has 1 aromatic heterocycles. The van der Waals surface area contributed by atoms with Gasteiger partial charge in [0.2, 0.25) is 5.89 Å². The van der Waals surface area contributed by atoms with Gasteiger partial charge < -0.3 is 24.6 Å². The topological polar surface area (TPSA) is 98.9 Å². The van der Waals surface area contributed by atoms with Gasteiger partial charge in [0.1, 0.15) is 11.3 Å². The summed E-state index contributed by atoms with van der Waals surface area (Å²) in [6.45, 7) is 3.41. The number of likely N-dealkylation sites (tertiary alicyclic amines) is 1. The quantitative estimate of drug-likeness (QED) is 0.329. The number of fused-ring (bicyclic) bond motifs is 2. The van der Waals surface area contributed by atoms with Crippen LogP contribution < -0.4 is 5.32 Å². The molecule has 2 aliphatic heterocycles. The summed E-state index contributed by atoms with van der Waals surface area (Å²) in [5.74, 6) is -0.203. The molecule has 3 amide bonds. The number of urea groups is 1. The number of benzene rings is 3. The zero-order valence-electron chi connectivity index (χ0n) is 22.8. The summed E-state index contributed by atoms with van der Waals surface area (Å²) >= 11 is 0. The maximum Gasteiger partial charge on any atom is 0.321 e. The summed E-state index contributed by atoms with van der Waals surface area (Å²) in [7, 11) is 0. The third-order valence-electron chi connectivity index (χ3n) is 8.55. The average molecular weight is 555 g/mol. The maximum atomic E-state index is 15.3. The van der Waals surface area contributed by atoms with Gasteiger partial charge in [-0.1, -0.05) is 24.3 Å². The number of carbonyl (C=O) groups excluding carboxylic acids is 2. The molecule has 2 fully saturated rings. The lowest BCUT2D eigenvalue weighted by molar-refractivity contribution is 0.0677. The molecule has 0 bridgehead atoms. The molecular weight excluding hydrogens is 523 g/mol. The van der Waals surface area contributed by atoms with Crippen molar-refractivity contribution in [2.24, 2.45) is 0 Å². The second-order valence-electron chi connectivity index (χ2n) is 11.3. The summed E-state index contributed by atoms with van der Waals surface area (Å²) in [5.41, 5.74) is 5.56. The molecule has 3 aliphatic rings. The lowest BCUT2D eigenvalue weighted by atomic mass is 9.93. The third-order valence-corrected chi connectivity index (χ3v) is 8.55. The van der Waals surface area contributed by atoms with E-state index in [4.69, 9.17) is 4.42 Å². The average Bonchev–Trinajstić information content (AvgIpc) is 3.58. The Morgan fingerprint density at radius 1 is 1.05 bits per heavy atom. The molecule has 0 spiro atoms. The number of hydrogen-bond donors (Lipinski definition) is 2. The Balaban J connectivity index is 1.17. The second kappa shape index (κ2) is 9.99. The molecule has 9 heteroatoms. The fourth-order valence-electron chi connectivity index (χ4n) is 6.11. The van der Waals surface area contributed by atoms with Crippen LogP contribution in [-0.4, -0.2) is 57.6 Å². The van der Waals surface area contributed by atoms with Gasteiger partial charge in [0.05, 0.1) is 17.7 Å². The van der Waals surface area contributed by atoms with E-state index in [1.807, 2.05) is 23.1 Å². The van der Waals surface area contributed by atoms with Gasteiger partial charge in [0.15, 0.2) is 5.58 Å². The Morgan fingerprint density at radius 3 is 2.63 bits per heavy atom. The van der Waals surface area contributed by atoms with E-state index in [2.05, 4.69) is 29.4 Å². The minimum atomic E-state index is -0.583. The van der Waals surface area contributed by atoms with Crippen molar-refractivity contribution in [3.8, 4) is 11.5 Å². The molecule has 2 N–H and O–H groups in total. The van der Waals surface area contributed by atoms with Gasteiger partial charge in [-0.3, -0.25) is 4.79 Å². The zero-order valence-corrected chi connectivity index (χ0v) is 22.8. The monoisotopic (exact) mass is 554 g/mol. The van der Waals surface area contributed by atoms with Gasteiger partial charge in [-0.25, -0.2) is 14.2 Å². The number of aliphatic hydroxyl groups is 1. The number of β-amino-alcohol motifs (C(OH)–C–C–N with tert-alkyl or cyclic N) is 1. The standard InChI is InChI=1S/C32H31FN4O4/c1-18-24-5-3-2-4-19(24)10-13-37(18)31(39)21-14-26(20-6-7-20)29-28(15-21)41-30(35-29)25-9-8-22(16-27(25)33)34-32(40)36-12-11-23(38)17-36/h2-5,8-9,14-16,18,20,23,38H,6-7,10-13,17H2,1H3,(H,34,40)/t18-,23?/m1/s1. The van der Waals surface area contributed by atoms with Crippen molar-refractivity contribution >= 4 is 28.7 Å².